The lowest BCUT2D eigenvalue weighted by atomic mass is 10.2. The number of hydrogen-bond donors (Lipinski definition) is 2. The van der Waals surface area contributed by atoms with Gasteiger partial charge in [-0.1, -0.05) is 0 Å². The number of H-pyrrole nitrogens is 1. The molecule has 0 bridgehead atoms. The lowest BCUT2D eigenvalue weighted by molar-refractivity contribution is -0.387. The van der Waals surface area contributed by atoms with Crippen LogP contribution in [0.4, 0.5) is 14.5 Å². The van der Waals surface area contributed by atoms with Gasteiger partial charge in [-0.2, -0.15) is 0 Å². The second-order valence-corrected chi connectivity index (χ2v) is 2.67. The van der Waals surface area contributed by atoms with Crippen LogP contribution in [0.2, 0.25) is 0 Å². The van der Waals surface area contributed by atoms with E-state index in [4.69, 9.17) is 5.11 Å². The van der Waals surface area contributed by atoms with E-state index in [2.05, 4.69) is 0 Å². The van der Waals surface area contributed by atoms with Crippen LogP contribution in [-0.2, 0) is 0 Å². The van der Waals surface area contributed by atoms with Gasteiger partial charge in [0.1, 0.15) is 5.69 Å². The van der Waals surface area contributed by atoms with Crippen molar-refractivity contribution in [1.29, 1.82) is 0 Å². The van der Waals surface area contributed by atoms with Crippen molar-refractivity contribution in [3.63, 3.8) is 0 Å². The first kappa shape index (κ1) is 11.8. The van der Waals surface area contributed by atoms with Gasteiger partial charge in [-0.05, 0) is 0 Å². The van der Waals surface area contributed by atoms with Gasteiger partial charge in [0, 0.05) is 6.07 Å². The number of alkyl halides is 2. The Hall–Kier alpha value is -2.32. The molecular formula is C7H4F2N2O5. The number of hydrogen-bond acceptors (Lipinski definition) is 4. The molecule has 86 valence electrons. The van der Waals surface area contributed by atoms with E-state index in [1.807, 2.05) is 0 Å². The highest BCUT2D eigenvalue weighted by atomic mass is 19.3. The molecule has 0 aliphatic carbocycles. The van der Waals surface area contributed by atoms with Crippen molar-refractivity contribution in [1.82, 2.24) is 4.98 Å². The van der Waals surface area contributed by atoms with Crippen LogP contribution in [0, 0.1) is 10.1 Å². The van der Waals surface area contributed by atoms with Crippen LogP contribution in [0.25, 0.3) is 0 Å². The molecule has 0 amide bonds. The summed E-state index contributed by atoms with van der Waals surface area (Å²) in [6.07, 6.45) is -3.34. The maximum atomic E-state index is 12.3. The van der Waals surface area contributed by atoms with Gasteiger partial charge in [0.05, 0.1) is 4.92 Å². The van der Waals surface area contributed by atoms with E-state index in [-0.39, 0.29) is 0 Å². The van der Waals surface area contributed by atoms with Gasteiger partial charge in [-0.25, -0.2) is 13.6 Å². The average Bonchev–Trinajstić information content (AvgIpc) is 2.15. The smallest absolute Gasteiger partial charge is 0.352 e. The lowest BCUT2D eigenvalue weighted by Gasteiger charge is -2.02. The number of carbonyl (C=O) groups is 1. The minimum absolute atomic E-state index is 0.381. The predicted octanol–water partition coefficient (Wildman–Crippen LogP) is 0.919. The Bertz CT molecular complexity index is 510. The van der Waals surface area contributed by atoms with E-state index in [9.17, 15) is 28.5 Å². The Kier molecular flexibility index (Phi) is 2.97. The van der Waals surface area contributed by atoms with Gasteiger partial charge in [-0.15, -0.1) is 0 Å². The monoisotopic (exact) mass is 234 g/mol. The maximum absolute atomic E-state index is 12.3. The molecule has 1 aromatic rings. The van der Waals surface area contributed by atoms with E-state index in [1.165, 1.54) is 0 Å². The summed E-state index contributed by atoms with van der Waals surface area (Å²) in [5.74, 6) is -1.66. The highest BCUT2D eigenvalue weighted by molar-refractivity contribution is 5.85. The first-order valence-electron chi connectivity index (χ1n) is 3.77. The van der Waals surface area contributed by atoms with Crippen molar-refractivity contribution in [2.24, 2.45) is 0 Å². The van der Waals surface area contributed by atoms with Gasteiger partial charge in [0.15, 0.2) is 5.69 Å². The number of nitro groups is 1. The number of halogens is 2. The molecule has 0 unspecified atom stereocenters. The zero-order valence-corrected chi connectivity index (χ0v) is 7.44. The summed E-state index contributed by atoms with van der Waals surface area (Å²) in [6.45, 7) is 0. The number of carboxylic acid groups (broad SMARTS) is 1. The van der Waals surface area contributed by atoms with Crippen LogP contribution in [0.15, 0.2) is 10.9 Å². The van der Waals surface area contributed by atoms with Crippen molar-refractivity contribution in [3.05, 3.63) is 37.8 Å². The molecule has 7 nitrogen and oxygen atoms in total. The van der Waals surface area contributed by atoms with Crippen LogP contribution in [0.5, 0.6) is 0 Å². The minimum Gasteiger partial charge on any atom is -0.477 e. The second kappa shape index (κ2) is 4.04. The number of aromatic carboxylic acids is 1. The van der Waals surface area contributed by atoms with E-state index in [0.29, 0.717) is 6.07 Å². The number of aromatic nitrogens is 1. The third kappa shape index (κ3) is 2.02. The molecule has 0 radical (unpaired) electrons. The van der Waals surface area contributed by atoms with Gasteiger partial charge in [0.2, 0.25) is 0 Å². The minimum atomic E-state index is -3.34. The van der Waals surface area contributed by atoms with Crippen molar-refractivity contribution >= 4 is 11.7 Å². The standard InChI is InChI=1S/C7H4F2N2O5/c8-6(9)4-5(11(15)16)3(12)1-2(10-4)7(13)14/h1,6H,(H,10,12)(H,13,14). The molecule has 0 spiro atoms. The summed E-state index contributed by atoms with van der Waals surface area (Å²) in [7, 11) is 0. The third-order valence-electron chi connectivity index (χ3n) is 1.66. The number of aromatic amines is 1. The highest BCUT2D eigenvalue weighted by Crippen LogP contribution is 2.23. The van der Waals surface area contributed by atoms with Gasteiger partial charge in [-0.3, -0.25) is 14.9 Å². The SMILES string of the molecule is O=C(O)c1cc(=O)c([N+](=O)[O-])c(C(F)F)[nH]1. The molecule has 1 rings (SSSR count). The summed E-state index contributed by atoms with van der Waals surface area (Å²) < 4.78 is 24.7. The molecule has 0 aliphatic rings. The lowest BCUT2D eigenvalue weighted by Crippen LogP contribution is -2.17. The van der Waals surface area contributed by atoms with Crippen molar-refractivity contribution in [3.8, 4) is 0 Å². The number of nitrogens with zero attached hydrogens (tertiary/aromatic N) is 1. The topological polar surface area (TPSA) is 113 Å². The van der Waals surface area contributed by atoms with E-state index < -0.39 is 39.8 Å². The zero-order chi connectivity index (χ0) is 12.5. The molecule has 2 N–H and O–H groups in total. The third-order valence-corrected chi connectivity index (χ3v) is 1.66. The second-order valence-electron chi connectivity index (χ2n) is 2.67. The van der Waals surface area contributed by atoms with Crippen molar-refractivity contribution < 1.29 is 23.6 Å². The van der Waals surface area contributed by atoms with Crippen LogP contribution in [-0.4, -0.2) is 21.0 Å². The molecule has 16 heavy (non-hydrogen) atoms. The first-order chi connectivity index (χ1) is 7.34. The quantitative estimate of drug-likeness (QED) is 0.596. The van der Waals surface area contributed by atoms with E-state index >= 15 is 0 Å². The number of rotatable bonds is 3. The molecule has 0 fully saturated rings. The van der Waals surface area contributed by atoms with E-state index in [1.54, 1.807) is 4.98 Å². The molecule has 0 aliphatic heterocycles. The predicted molar refractivity (Wildman–Crippen MR) is 45.6 cm³/mol. The molecule has 0 aromatic carbocycles. The van der Waals surface area contributed by atoms with Gasteiger partial charge in [0.25, 0.3) is 11.9 Å². The summed E-state index contributed by atoms with van der Waals surface area (Å²) in [5.41, 5.74) is -4.86. The zero-order valence-electron chi connectivity index (χ0n) is 7.44. The molecule has 1 aromatic heterocycles. The number of nitrogens with one attached hydrogen (secondary N) is 1. The summed E-state index contributed by atoms with van der Waals surface area (Å²) >= 11 is 0. The summed E-state index contributed by atoms with van der Waals surface area (Å²) in [4.78, 5) is 32.2. The van der Waals surface area contributed by atoms with Crippen molar-refractivity contribution in [2.45, 2.75) is 6.43 Å². The van der Waals surface area contributed by atoms with E-state index in [0.717, 1.165) is 0 Å². The number of carboxylic acids is 1. The Morgan fingerprint density at radius 2 is 2.12 bits per heavy atom. The molecule has 0 saturated heterocycles. The van der Waals surface area contributed by atoms with Crippen LogP contribution < -0.4 is 5.43 Å². The molecule has 1 heterocycles. The van der Waals surface area contributed by atoms with Gasteiger partial charge < -0.3 is 10.1 Å². The Morgan fingerprint density at radius 3 is 2.50 bits per heavy atom. The maximum Gasteiger partial charge on any atom is 0.352 e. The molecule has 0 atom stereocenters. The largest absolute Gasteiger partial charge is 0.477 e. The van der Waals surface area contributed by atoms with Crippen LogP contribution >= 0.6 is 0 Å². The Labute approximate surface area is 85.5 Å². The summed E-state index contributed by atoms with van der Waals surface area (Å²) in [6, 6.07) is 0.381. The highest BCUT2D eigenvalue weighted by Gasteiger charge is 2.28. The normalized spacial score (nSPS) is 10.4. The fourth-order valence-corrected chi connectivity index (χ4v) is 1.03. The van der Waals surface area contributed by atoms with Crippen molar-refractivity contribution in [2.75, 3.05) is 0 Å². The fraction of sp³-hybridized carbons (Fsp3) is 0.143. The fourth-order valence-electron chi connectivity index (χ4n) is 1.03. The van der Waals surface area contributed by atoms with Crippen LogP contribution in [0.3, 0.4) is 0 Å². The first-order valence-corrected chi connectivity index (χ1v) is 3.77. The molecular weight excluding hydrogens is 230 g/mol. The number of pyridine rings is 1. The van der Waals surface area contributed by atoms with Crippen LogP contribution in [0.1, 0.15) is 22.6 Å². The summed E-state index contributed by atoms with van der Waals surface area (Å²) in [5, 5.41) is 18.8. The average molecular weight is 234 g/mol. The molecule has 0 saturated carbocycles. The molecule has 9 heteroatoms. The Morgan fingerprint density at radius 1 is 1.56 bits per heavy atom. The Balaban J connectivity index is 3.58. The van der Waals surface area contributed by atoms with Gasteiger partial charge >= 0.3 is 11.7 Å².